The van der Waals surface area contributed by atoms with Gasteiger partial charge in [0.05, 0.1) is 5.52 Å². The maximum absolute atomic E-state index is 12.9. The summed E-state index contributed by atoms with van der Waals surface area (Å²) in [5.74, 6) is 0.445. The second kappa shape index (κ2) is 7.02. The highest BCUT2D eigenvalue weighted by Crippen LogP contribution is 2.31. The van der Waals surface area contributed by atoms with Crippen molar-refractivity contribution in [3.8, 4) is 0 Å². The average Bonchev–Trinajstić information content (AvgIpc) is 3.04. The number of piperazine rings is 1. The number of carbonyl (C=O) groups excluding carboxylic acids is 1. The zero-order valence-corrected chi connectivity index (χ0v) is 15.9. The monoisotopic (exact) mass is 404 g/mol. The fourth-order valence-corrected chi connectivity index (χ4v) is 3.40. The first-order valence-electron chi connectivity index (χ1n) is 9.12. The minimum absolute atomic E-state index is 0.129. The number of hydrogen-bond donors (Lipinski definition) is 0. The highest BCUT2D eigenvalue weighted by atomic mass is 19.4. The largest absolute Gasteiger partial charge is 0.433 e. The standard InChI is InChI=1S/C19H19F3N6O/c1-12-11-15(25-26(12)2)18(29)28-9-7-27(8-10-28)17-13-3-4-16(19(20,21)22)24-14(13)5-6-23-17/h3-6,11H,7-10H2,1-2H3. The molecule has 0 saturated carbocycles. The van der Waals surface area contributed by atoms with Crippen LogP contribution in [0.25, 0.3) is 10.9 Å². The molecule has 0 N–H and O–H groups in total. The molecular formula is C19H19F3N6O. The van der Waals surface area contributed by atoms with Crippen molar-refractivity contribution in [2.45, 2.75) is 13.1 Å². The number of pyridine rings is 2. The van der Waals surface area contributed by atoms with Crippen molar-refractivity contribution < 1.29 is 18.0 Å². The van der Waals surface area contributed by atoms with Crippen molar-refractivity contribution in [3.05, 3.63) is 47.5 Å². The first-order valence-corrected chi connectivity index (χ1v) is 9.12. The Kier molecular flexibility index (Phi) is 4.64. The molecule has 1 aliphatic rings. The number of alkyl halides is 3. The number of amides is 1. The molecule has 29 heavy (non-hydrogen) atoms. The van der Waals surface area contributed by atoms with Gasteiger partial charge in [0.25, 0.3) is 5.91 Å². The summed E-state index contributed by atoms with van der Waals surface area (Å²) in [6.07, 6.45) is -3.04. The molecule has 0 spiro atoms. The number of anilines is 1. The number of halogens is 3. The van der Waals surface area contributed by atoms with Gasteiger partial charge in [-0.15, -0.1) is 0 Å². The van der Waals surface area contributed by atoms with Crippen LogP contribution in [-0.4, -0.2) is 56.7 Å². The molecule has 1 fully saturated rings. The Morgan fingerprint density at radius 3 is 2.45 bits per heavy atom. The average molecular weight is 404 g/mol. The fourth-order valence-electron chi connectivity index (χ4n) is 3.40. The molecule has 0 bridgehead atoms. The Morgan fingerprint density at radius 1 is 1.10 bits per heavy atom. The molecule has 3 aromatic rings. The third kappa shape index (κ3) is 3.62. The third-order valence-electron chi connectivity index (χ3n) is 5.08. The lowest BCUT2D eigenvalue weighted by Crippen LogP contribution is -2.49. The van der Waals surface area contributed by atoms with Gasteiger partial charge in [-0.3, -0.25) is 9.48 Å². The zero-order chi connectivity index (χ0) is 20.8. The summed E-state index contributed by atoms with van der Waals surface area (Å²) in [6, 6.07) is 5.60. The summed E-state index contributed by atoms with van der Waals surface area (Å²) in [7, 11) is 1.79. The van der Waals surface area contributed by atoms with Crippen LogP contribution < -0.4 is 4.90 Å². The number of hydrogen-bond acceptors (Lipinski definition) is 5. The summed E-state index contributed by atoms with van der Waals surface area (Å²) >= 11 is 0. The van der Waals surface area contributed by atoms with Gasteiger partial charge in [-0.25, -0.2) is 9.97 Å². The molecule has 0 radical (unpaired) electrons. The smallest absolute Gasteiger partial charge is 0.353 e. The van der Waals surface area contributed by atoms with Gasteiger partial charge in [-0.2, -0.15) is 18.3 Å². The molecule has 1 saturated heterocycles. The zero-order valence-electron chi connectivity index (χ0n) is 15.9. The van der Waals surface area contributed by atoms with E-state index in [1.165, 1.54) is 18.3 Å². The van der Waals surface area contributed by atoms with Crippen molar-refractivity contribution in [2.75, 3.05) is 31.1 Å². The number of fused-ring (bicyclic) bond motifs is 1. The molecule has 152 valence electrons. The second-order valence-electron chi connectivity index (χ2n) is 6.97. The normalized spacial score (nSPS) is 15.2. The van der Waals surface area contributed by atoms with Gasteiger partial charge in [0.15, 0.2) is 5.69 Å². The molecule has 0 aliphatic carbocycles. The van der Waals surface area contributed by atoms with E-state index in [1.807, 2.05) is 11.8 Å². The van der Waals surface area contributed by atoms with Gasteiger partial charge in [0.1, 0.15) is 11.5 Å². The van der Waals surface area contributed by atoms with Crippen LogP contribution in [0.15, 0.2) is 30.5 Å². The van der Waals surface area contributed by atoms with Gasteiger partial charge < -0.3 is 9.80 Å². The first kappa shape index (κ1) is 19.2. The Balaban J connectivity index is 1.52. The topological polar surface area (TPSA) is 67.2 Å². The van der Waals surface area contributed by atoms with Crippen molar-refractivity contribution in [2.24, 2.45) is 7.05 Å². The van der Waals surface area contributed by atoms with E-state index in [9.17, 15) is 18.0 Å². The van der Waals surface area contributed by atoms with Gasteiger partial charge in [0.2, 0.25) is 0 Å². The molecule has 4 rings (SSSR count). The van der Waals surface area contributed by atoms with Crippen LogP contribution in [0.2, 0.25) is 0 Å². The number of aromatic nitrogens is 4. The second-order valence-corrected chi connectivity index (χ2v) is 6.97. The molecule has 7 nitrogen and oxygen atoms in total. The summed E-state index contributed by atoms with van der Waals surface area (Å²) in [5.41, 5.74) is 0.624. The van der Waals surface area contributed by atoms with Crippen molar-refractivity contribution in [1.82, 2.24) is 24.6 Å². The minimum Gasteiger partial charge on any atom is -0.353 e. The van der Waals surface area contributed by atoms with E-state index in [0.717, 1.165) is 11.8 Å². The first-order chi connectivity index (χ1) is 13.7. The third-order valence-corrected chi connectivity index (χ3v) is 5.08. The predicted octanol–water partition coefficient (Wildman–Crippen LogP) is 2.65. The quantitative estimate of drug-likeness (QED) is 0.657. The maximum atomic E-state index is 12.9. The maximum Gasteiger partial charge on any atom is 0.433 e. The summed E-state index contributed by atoms with van der Waals surface area (Å²) in [6.45, 7) is 3.86. The van der Waals surface area contributed by atoms with Crippen LogP contribution in [-0.2, 0) is 13.2 Å². The molecule has 0 atom stereocenters. The number of carbonyl (C=O) groups is 1. The summed E-state index contributed by atoms with van der Waals surface area (Å²) < 4.78 is 40.4. The van der Waals surface area contributed by atoms with E-state index in [-0.39, 0.29) is 11.4 Å². The van der Waals surface area contributed by atoms with E-state index in [0.29, 0.717) is 43.1 Å². The number of rotatable bonds is 2. The lowest BCUT2D eigenvalue weighted by molar-refractivity contribution is -0.140. The van der Waals surface area contributed by atoms with Crippen LogP contribution >= 0.6 is 0 Å². The minimum atomic E-state index is -4.49. The fraction of sp³-hybridized carbons (Fsp3) is 0.368. The van der Waals surface area contributed by atoms with Gasteiger partial charge in [-0.05, 0) is 31.2 Å². The van der Waals surface area contributed by atoms with E-state index in [1.54, 1.807) is 22.7 Å². The van der Waals surface area contributed by atoms with Gasteiger partial charge in [0, 0.05) is 50.5 Å². The number of aryl methyl sites for hydroxylation is 2. The molecule has 0 aromatic carbocycles. The SMILES string of the molecule is Cc1cc(C(=O)N2CCN(c3nccc4nc(C(F)(F)F)ccc34)CC2)nn1C. The number of nitrogens with zero attached hydrogens (tertiary/aromatic N) is 6. The molecule has 3 aromatic heterocycles. The molecule has 1 aliphatic heterocycles. The molecule has 1 amide bonds. The van der Waals surface area contributed by atoms with Crippen molar-refractivity contribution in [3.63, 3.8) is 0 Å². The predicted molar refractivity (Wildman–Crippen MR) is 101 cm³/mol. The Morgan fingerprint density at radius 2 is 1.83 bits per heavy atom. The summed E-state index contributed by atoms with van der Waals surface area (Å²) in [5, 5.41) is 4.79. The Labute approximate surface area is 164 Å². The van der Waals surface area contributed by atoms with Crippen molar-refractivity contribution in [1.29, 1.82) is 0 Å². The van der Waals surface area contributed by atoms with Crippen LogP contribution in [0.5, 0.6) is 0 Å². The molecule has 0 unspecified atom stereocenters. The lowest BCUT2D eigenvalue weighted by atomic mass is 10.2. The van der Waals surface area contributed by atoms with Crippen LogP contribution in [0.3, 0.4) is 0 Å². The van der Waals surface area contributed by atoms with Gasteiger partial charge in [-0.1, -0.05) is 0 Å². The van der Waals surface area contributed by atoms with Crippen LogP contribution in [0, 0.1) is 6.92 Å². The Hall–Kier alpha value is -3.17. The van der Waals surface area contributed by atoms with Crippen LogP contribution in [0.1, 0.15) is 21.9 Å². The van der Waals surface area contributed by atoms with E-state index in [2.05, 4.69) is 15.1 Å². The summed E-state index contributed by atoms with van der Waals surface area (Å²) in [4.78, 5) is 24.4. The molecule has 10 heteroatoms. The van der Waals surface area contributed by atoms with E-state index in [4.69, 9.17) is 0 Å². The molecular weight excluding hydrogens is 385 g/mol. The highest BCUT2D eigenvalue weighted by Gasteiger charge is 2.33. The van der Waals surface area contributed by atoms with E-state index >= 15 is 0 Å². The van der Waals surface area contributed by atoms with Crippen molar-refractivity contribution >= 4 is 22.6 Å². The van der Waals surface area contributed by atoms with Gasteiger partial charge >= 0.3 is 6.18 Å². The van der Waals surface area contributed by atoms with Crippen LogP contribution in [0.4, 0.5) is 19.0 Å². The molecule has 4 heterocycles. The lowest BCUT2D eigenvalue weighted by Gasteiger charge is -2.35. The Bertz CT molecular complexity index is 1050. The highest BCUT2D eigenvalue weighted by molar-refractivity contribution is 5.93. The van der Waals surface area contributed by atoms with E-state index < -0.39 is 11.9 Å².